The van der Waals surface area contributed by atoms with Gasteiger partial charge in [-0.1, -0.05) is 48.0 Å². The molecule has 0 aliphatic heterocycles. The Labute approximate surface area is 157 Å². The standard InChI is InChI=1S/C19H19ClN4S/c1-14-4-2-3-5-16(14)12-24-13-18(11-22-24)23-19(25)21-10-15-6-8-17(20)9-7-15/h2-9,11,13H,10,12H2,1H3,(H2,21,23,25). The van der Waals surface area contributed by atoms with Crippen molar-refractivity contribution in [3.63, 3.8) is 0 Å². The SMILES string of the molecule is Cc1ccccc1Cn1cc(NC(=S)NCc2ccc(Cl)cc2)cn1. The van der Waals surface area contributed by atoms with Crippen LogP contribution in [0.25, 0.3) is 0 Å². The Hall–Kier alpha value is -2.37. The third-order valence-corrected chi connectivity index (χ3v) is 4.35. The second kappa shape index (κ2) is 8.14. The number of hydrogen-bond donors (Lipinski definition) is 2. The van der Waals surface area contributed by atoms with E-state index < -0.39 is 0 Å². The van der Waals surface area contributed by atoms with Crippen molar-refractivity contribution in [1.82, 2.24) is 15.1 Å². The summed E-state index contributed by atoms with van der Waals surface area (Å²) >= 11 is 11.2. The zero-order valence-electron chi connectivity index (χ0n) is 13.9. The lowest BCUT2D eigenvalue weighted by Crippen LogP contribution is -2.27. The van der Waals surface area contributed by atoms with Gasteiger partial charge in [-0.15, -0.1) is 0 Å². The van der Waals surface area contributed by atoms with Crippen molar-refractivity contribution >= 4 is 34.6 Å². The maximum atomic E-state index is 5.88. The van der Waals surface area contributed by atoms with Crippen molar-refractivity contribution in [2.45, 2.75) is 20.0 Å². The van der Waals surface area contributed by atoms with Gasteiger partial charge in [-0.25, -0.2) is 0 Å². The zero-order valence-corrected chi connectivity index (χ0v) is 15.4. The van der Waals surface area contributed by atoms with Gasteiger partial charge in [-0.05, 0) is 48.0 Å². The van der Waals surface area contributed by atoms with Gasteiger partial charge in [0.25, 0.3) is 0 Å². The maximum absolute atomic E-state index is 5.88. The summed E-state index contributed by atoms with van der Waals surface area (Å²) in [5.41, 5.74) is 4.49. The Morgan fingerprint density at radius 2 is 1.92 bits per heavy atom. The summed E-state index contributed by atoms with van der Waals surface area (Å²) in [6.07, 6.45) is 3.72. The molecule has 1 heterocycles. The number of halogens is 1. The fraction of sp³-hybridized carbons (Fsp3) is 0.158. The van der Waals surface area contributed by atoms with Crippen LogP contribution < -0.4 is 10.6 Å². The van der Waals surface area contributed by atoms with Crippen molar-refractivity contribution in [1.29, 1.82) is 0 Å². The Kier molecular flexibility index (Phi) is 5.68. The topological polar surface area (TPSA) is 41.9 Å². The Bertz CT molecular complexity index is 858. The number of anilines is 1. The van der Waals surface area contributed by atoms with Crippen LogP contribution in [-0.2, 0) is 13.1 Å². The second-order valence-electron chi connectivity index (χ2n) is 5.79. The minimum Gasteiger partial charge on any atom is -0.358 e. The molecule has 1 aromatic heterocycles. The smallest absolute Gasteiger partial charge is 0.171 e. The molecule has 4 nitrogen and oxygen atoms in total. The number of aromatic nitrogens is 2. The molecule has 0 unspecified atom stereocenters. The van der Waals surface area contributed by atoms with Crippen LogP contribution in [0.1, 0.15) is 16.7 Å². The zero-order chi connectivity index (χ0) is 17.6. The first-order valence-corrected chi connectivity index (χ1v) is 8.75. The minimum absolute atomic E-state index is 0.561. The van der Waals surface area contributed by atoms with Crippen LogP contribution in [0.2, 0.25) is 5.02 Å². The average Bonchev–Trinajstić information content (AvgIpc) is 3.03. The first-order chi connectivity index (χ1) is 12.1. The van der Waals surface area contributed by atoms with E-state index in [1.807, 2.05) is 47.3 Å². The third kappa shape index (κ3) is 5.05. The summed E-state index contributed by atoms with van der Waals surface area (Å²) in [5.74, 6) is 0. The van der Waals surface area contributed by atoms with E-state index in [1.165, 1.54) is 11.1 Å². The molecule has 0 radical (unpaired) electrons. The molecule has 0 saturated carbocycles. The van der Waals surface area contributed by atoms with Crippen molar-refractivity contribution in [3.05, 3.63) is 82.6 Å². The van der Waals surface area contributed by atoms with E-state index in [1.54, 1.807) is 6.20 Å². The molecule has 0 spiro atoms. The molecule has 128 valence electrons. The largest absolute Gasteiger partial charge is 0.358 e. The van der Waals surface area contributed by atoms with E-state index in [-0.39, 0.29) is 0 Å². The number of nitrogens with one attached hydrogen (secondary N) is 2. The molecule has 0 aliphatic rings. The molecule has 25 heavy (non-hydrogen) atoms. The quantitative estimate of drug-likeness (QED) is 0.654. The van der Waals surface area contributed by atoms with Gasteiger partial charge in [0.05, 0.1) is 18.4 Å². The van der Waals surface area contributed by atoms with Crippen LogP contribution in [0.15, 0.2) is 60.9 Å². The predicted octanol–water partition coefficient (Wildman–Crippen LogP) is 4.38. The van der Waals surface area contributed by atoms with Crippen molar-refractivity contribution in [3.8, 4) is 0 Å². The van der Waals surface area contributed by atoms with E-state index in [0.29, 0.717) is 11.7 Å². The number of nitrogens with zero attached hydrogens (tertiary/aromatic N) is 2. The molecule has 3 rings (SSSR count). The normalized spacial score (nSPS) is 10.5. The van der Waals surface area contributed by atoms with Gasteiger partial charge >= 0.3 is 0 Å². The van der Waals surface area contributed by atoms with Crippen LogP contribution in [0.4, 0.5) is 5.69 Å². The third-order valence-electron chi connectivity index (χ3n) is 3.85. The summed E-state index contributed by atoms with van der Waals surface area (Å²) < 4.78 is 1.90. The summed E-state index contributed by atoms with van der Waals surface area (Å²) in [6.45, 7) is 3.48. The Morgan fingerprint density at radius 3 is 2.68 bits per heavy atom. The summed E-state index contributed by atoms with van der Waals surface area (Å²) in [4.78, 5) is 0. The second-order valence-corrected chi connectivity index (χ2v) is 6.63. The summed E-state index contributed by atoms with van der Waals surface area (Å²) in [5, 5.41) is 12.0. The fourth-order valence-corrected chi connectivity index (χ4v) is 2.75. The first kappa shape index (κ1) is 17.5. The lowest BCUT2D eigenvalue weighted by molar-refractivity contribution is 0.684. The van der Waals surface area contributed by atoms with Gasteiger partial charge in [0.15, 0.2) is 5.11 Å². The first-order valence-electron chi connectivity index (χ1n) is 7.96. The van der Waals surface area contributed by atoms with Crippen LogP contribution in [-0.4, -0.2) is 14.9 Å². The van der Waals surface area contributed by atoms with Crippen LogP contribution in [0.3, 0.4) is 0 Å². The molecule has 2 N–H and O–H groups in total. The lowest BCUT2D eigenvalue weighted by atomic mass is 10.1. The molecule has 0 saturated heterocycles. The van der Waals surface area contributed by atoms with E-state index in [4.69, 9.17) is 23.8 Å². The lowest BCUT2D eigenvalue weighted by Gasteiger charge is -2.09. The minimum atomic E-state index is 0.561. The number of rotatable bonds is 5. The number of hydrogen-bond acceptors (Lipinski definition) is 2. The highest BCUT2D eigenvalue weighted by atomic mass is 35.5. The number of thiocarbonyl (C=S) groups is 1. The van der Waals surface area contributed by atoms with Gasteiger partial charge < -0.3 is 10.6 Å². The van der Waals surface area contributed by atoms with Crippen molar-refractivity contribution < 1.29 is 0 Å². The van der Waals surface area contributed by atoms with Crippen molar-refractivity contribution in [2.75, 3.05) is 5.32 Å². The predicted molar refractivity (Wildman–Crippen MR) is 107 cm³/mol. The highest BCUT2D eigenvalue weighted by Crippen LogP contribution is 2.12. The molecule has 0 amide bonds. The fourth-order valence-electron chi connectivity index (χ4n) is 2.44. The highest BCUT2D eigenvalue weighted by molar-refractivity contribution is 7.80. The maximum Gasteiger partial charge on any atom is 0.171 e. The van der Waals surface area contributed by atoms with Gasteiger partial charge in [-0.2, -0.15) is 5.10 Å². The van der Waals surface area contributed by atoms with Crippen LogP contribution >= 0.6 is 23.8 Å². The molecule has 6 heteroatoms. The average molecular weight is 371 g/mol. The molecule has 0 fully saturated rings. The van der Waals surface area contributed by atoms with E-state index in [0.717, 1.165) is 22.8 Å². The number of benzene rings is 2. The highest BCUT2D eigenvalue weighted by Gasteiger charge is 2.04. The van der Waals surface area contributed by atoms with Gasteiger partial charge in [-0.3, -0.25) is 4.68 Å². The molecule has 3 aromatic rings. The van der Waals surface area contributed by atoms with Gasteiger partial charge in [0.1, 0.15) is 0 Å². The van der Waals surface area contributed by atoms with Gasteiger partial charge in [0, 0.05) is 17.8 Å². The molecular formula is C19H19ClN4S. The molecule has 0 atom stereocenters. The van der Waals surface area contributed by atoms with E-state index in [9.17, 15) is 0 Å². The van der Waals surface area contributed by atoms with Crippen LogP contribution in [0, 0.1) is 6.92 Å². The van der Waals surface area contributed by atoms with Crippen LogP contribution in [0.5, 0.6) is 0 Å². The van der Waals surface area contributed by atoms with E-state index >= 15 is 0 Å². The Balaban J connectivity index is 1.53. The summed E-state index contributed by atoms with van der Waals surface area (Å²) in [6, 6.07) is 16.0. The molecule has 2 aromatic carbocycles. The number of aryl methyl sites for hydroxylation is 1. The van der Waals surface area contributed by atoms with E-state index in [2.05, 4.69) is 34.8 Å². The monoisotopic (exact) mass is 370 g/mol. The summed E-state index contributed by atoms with van der Waals surface area (Å²) in [7, 11) is 0. The van der Waals surface area contributed by atoms with Crippen molar-refractivity contribution in [2.24, 2.45) is 0 Å². The molecule has 0 aliphatic carbocycles. The molecule has 0 bridgehead atoms. The molecular weight excluding hydrogens is 352 g/mol. The van der Waals surface area contributed by atoms with Gasteiger partial charge in [0.2, 0.25) is 0 Å². The Morgan fingerprint density at radius 1 is 1.16 bits per heavy atom.